The van der Waals surface area contributed by atoms with E-state index in [9.17, 15) is 8.42 Å². The normalized spacial score (nSPS) is 12.2. The van der Waals surface area contributed by atoms with Crippen LogP contribution in [-0.2, 0) is 15.5 Å². The molecule has 5 heteroatoms. The summed E-state index contributed by atoms with van der Waals surface area (Å²) < 4.78 is 29.9. The number of anilines is 1. The second-order valence-electron chi connectivity index (χ2n) is 5.39. The molecule has 0 heterocycles. The van der Waals surface area contributed by atoms with E-state index in [0.717, 1.165) is 11.3 Å². The van der Waals surface area contributed by atoms with E-state index in [1.165, 1.54) is 0 Å². The first-order chi connectivity index (χ1) is 9.26. The summed E-state index contributed by atoms with van der Waals surface area (Å²) in [6.45, 7) is 8.72. The largest absolute Gasteiger partial charge is 0.385 e. The third kappa shape index (κ3) is 5.35. The molecule has 0 fully saturated rings. The Kier molecular flexibility index (Phi) is 5.77. The first kappa shape index (κ1) is 16.7. The highest BCUT2D eigenvalue weighted by Gasteiger charge is 2.19. The summed E-state index contributed by atoms with van der Waals surface area (Å²) in [5.41, 5.74) is 2.06. The van der Waals surface area contributed by atoms with Gasteiger partial charge in [-0.15, -0.1) is 6.58 Å². The van der Waals surface area contributed by atoms with E-state index in [4.69, 9.17) is 4.55 Å². The Hall–Kier alpha value is -1.33. The standard InChI is InChI=1S/C15H23NO3S/c1-4-15(2,3)13-9-5-6-10-14(13)16-11-7-8-12-20(17,18)19/h4-6,9-10,16H,1,7-8,11-12H2,2-3H3,(H,17,18,19). The van der Waals surface area contributed by atoms with Crippen LogP contribution in [0.2, 0.25) is 0 Å². The van der Waals surface area contributed by atoms with Gasteiger partial charge in [-0.3, -0.25) is 4.55 Å². The van der Waals surface area contributed by atoms with E-state index < -0.39 is 10.1 Å². The second kappa shape index (κ2) is 6.90. The molecule has 0 radical (unpaired) electrons. The Bertz CT molecular complexity index is 550. The van der Waals surface area contributed by atoms with E-state index in [2.05, 4.69) is 31.8 Å². The lowest BCUT2D eigenvalue weighted by Gasteiger charge is -2.24. The lowest BCUT2D eigenvalue weighted by atomic mass is 9.84. The van der Waals surface area contributed by atoms with E-state index in [0.29, 0.717) is 19.4 Å². The maximum absolute atomic E-state index is 10.6. The van der Waals surface area contributed by atoms with Crippen molar-refractivity contribution in [1.29, 1.82) is 0 Å². The zero-order valence-electron chi connectivity index (χ0n) is 12.1. The number of nitrogens with one attached hydrogen (secondary N) is 1. The van der Waals surface area contributed by atoms with Crippen LogP contribution in [0.25, 0.3) is 0 Å². The highest BCUT2D eigenvalue weighted by Crippen LogP contribution is 2.30. The fourth-order valence-corrected chi connectivity index (χ4v) is 2.51. The molecule has 1 aromatic rings. The summed E-state index contributed by atoms with van der Waals surface area (Å²) in [5.74, 6) is -0.186. The highest BCUT2D eigenvalue weighted by atomic mass is 32.2. The van der Waals surface area contributed by atoms with Crippen molar-refractivity contribution in [1.82, 2.24) is 0 Å². The van der Waals surface area contributed by atoms with Crippen molar-refractivity contribution in [2.75, 3.05) is 17.6 Å². The highest BCUT2D eigenvalue weighted by molar-refractivity contribution is 7.85. The zero-order chi connectivity index (χ0) is 15.2. The monoisotopic (exact) mass is 297 g/mol. The molecular formula is C15H23NO3S. The predicted octanol–water partition coefficient (Wildman–Crippen LogP) is 3.23. The van der Waals surface area contributed by atoms with Gasteiger partial charge in [0.05, 0.1) is 5.75 Å². The molecule has 0 spiro atoms. The molecule has 1 aromatic carbocycles. The van der Waals surface area contributed by atoms with Gasteiger partial charge >= 0.3 is 0 Å². The Balaban J connectivity index is 2.59. The number of benzene rings is 1. The van der Waals surface area contributed by atoms with E-state index in [-0.39, 0.29) is 11.2 Å². The predicted molar refractivity (Wildman–Crippen MR) is 83.8 cm³/mol. The Morgan fingerprint density at radius 3 is 2.55 bits per heavy atom. The quantitative estimate of drug-likeness (QED) is 0.439. The fourth-order valence-electron chi connectivity index (χ4n) is 1.94. The first-order valence-corrected chi connectivity index (χ1v) is 8.29. The van der Waals surface area contributed by atoms with Crippen molar-refractivity contribution >= 4 is 15.8 Å². The average Bonchev–Trinajstić information content (AvgIpc) is 2.37. The number of hydrogen-bond acceptors (Lipinski definition) is 3. The molecule has 0 aromatic heterocycles. The van der Waals surface area contributed by atoms with Crippen LogP contribution in [0, 0.1) is 0 Å². The van der Waals surface area contributed by atoms with Crippen LogP contribution >= 0.6 is 0 Å². The van der Waals surface area contributed by atoms with E-state index >= 15 is 0 Å². The molecule has 4 nitrogen and oxygen atoms in total. The number of rotatable bonds is 8. The SMILES string of the molecule is C=CC(C)(C)c1ccccc1NCCCCS(=O)(=O)O. The van der Waals surface area contributed by atoms with Gasteiger partial charge < -0.3 is 5.32 Å². The molecule has 0 bridgehead atoms. The molecule has 1 rings (SSSR count). The van der Waals surface area contributed by atoms with Gasteiger partial charge in [0.15, 0.2) is 0 Å². The number of para-hydroxylation sites is 1. The van der Waals surface area contributed by atoms with Gasteiger partial charge in [0.1, 0.15) is 0 Å². The van der Waals surface area contributed by atoms with Gasteiger partial charge in [-0.25, -0.2) is 0 Å². The molecule has 0 atom stereocenters. The van der Waals surface area contributed by atoms with E-state index in [1.54, 1.807) is 0 Å². The minimum absolute atomic E-state index is 0.127. The van der Waals surface area contributed by atoms with Crippen molar-refractivity contribution in [2.45, 2.75) is 32.1 Å². The van der Waals surface area contributed by atoms with Gasteiger partial charge in [-0.05, 0) is 24.5 Å². The third-order valence-electron chi connectivity index (χ3n) is 3.28. The zero-order valence-corrected chi connectivity index (χ0v) is 12.9. The molecule has 0 saturated carbocycles. The topological polar surface area (TPSA) is 66.4 Å². The van der Waals surface area contributed by atoms with Gasteiger partial charge in [-0.1, -0.05) is 38.1 Å². The van der Waals surface area contributed by atoms with Gasteiger partial charge in [-0.2, -0.15) is 8.42 Å². The summed E-state index contributed by atoms with van der Waals surface area (Å²) in [6.07, 6.45) is 3.04. The molecule has 0 aliphatic heterocycles. The van der Waals surface area contributed by atoms with Crippen LogP contribution in [0.3, 0.4) is 0 Å². The average molecular weight is 297 g/mol. The Morgan fingerprint density at radius 1 is 1.30 bits per heavy atom. The van der Waals surface area contributed by atoms with Crippen LogP contribution in [0.4, 0.5) is 5.69 Å². The third-order valence-corrected chi connectivity index (χ3v) is 4.08. The van der Waals surface area contributed by atoms with Gasteiger partial charge in [0.2, 0.25) is 0 Å². The van der Waals surface area contributed by atoms with Crippen LogP contribution in [0.1, 0.15) is 32.3 Å². The Morgan fingerprint density at radius 2 is 1.95 bits per heavy atom. The summed E-state index contributed by atoms with van der Waals surface area (Å²) in [6, 6.07) is 8.01. The van der Waals surface area contributed by atoms with Crippen molar-refractivity contribution < 1.29 is 13.0 Å². The van der Waals surface area contributed by atoms with Crippen molar-refractivity contribution in [2.24, 2.45) is 0 Å². The van der Waals surface area contributed by atoms with Crippen LogP contribution < -0.4 is 5.32 Å². The van der Waals surface area contributed by atoms with Crippen molar-refractivity contribution in [3.05, 3.63) is 42.5 Å². The summed E-state index contributed by atoms with van der Waals surface area (Å²) in [5, 5.41) is 3.32. The molecular weight excluding hydrogens is 274 g/mol. The lowest BCUT2D eigenvalue weighted by Crippen LogP contribution is -2.16. The number of allylic oxidation sites excluding steroid dienone is 1. The number of unbranched alkanes of at least 4 members (excludes halogenated alkanes) is 1. The van der Waals surface area contributed by atoms with Gasteiger partial charge in [0, 0.05) is 17.6 Å². The molecule has 0 unspecified atom stereocenters. The molecule has 0 aliphatic carbocycles. The van der Waals surface area contributed by atoms with Gasteiger partial charge in [0.25, 0.3) is 10.1 Å². The fraction of sp³-hybridized carbons (Fsp3) is 0.467. The minimum Gasteiger partial charge on any atom is -0.385 e. The smallest absolute Gasteiger partial charge is 0.264 e. The maximum atomic E-state index is 10.6. The molecule has 2 N–H and O–H groups in total. The molecule has 0 amide bonds. The van der Waals surface area contributed by atoms with Crippen LogP contribution in [-0.4, -0.2) is 25.3 Å². The lowest BCUT2D eigenvalue weighted by molar-refractivity contribution is 0.480. The first-order valence-electron chi connectivity index (χ1n) is 6.68. The van der Waals surface area contributed by atoms with E-state index in [1.807, 2.05) is 24.3 Å². The summed E-state index contributed by atoms with van der Waals surface area (Å²) >= 11 is 0. The van der Waals surface area contributed by atoms with Crippen molar-refractivity contribution in [3.8, 4) is 0 Å². The number of hydrogen-bond donors (Lipinski definition) is 2. The van der Waals surface area contributed by atoms with Crippen molar-refractivity contribution in [3.63, 3.8) is 0 Å². The minimum atomic E-state index is -3.85. The summed E-state index contributed by atoms with van der Waals surface area (Å²) in [4.78, 5) is 0. The molecule has 112 valence electrons. The molecule has 20 heavy (non-hydrogen) atoms. The van der Waals surface area contributed by atoms with Crippen LogP contribution in [0.5, 0.6) is 0 Å². The van der Waals surface area contributed by atoms with Crippen LogP contribution in [0.15, 0.2) is 36.9 Å². The molecule has 0 aliphatic rings. The molecule has 0 saturated heterocycles. The Labute approximate surface area is 121 Å². The summed E-state index contributed by atoms with van der Waals surface area (Å²) in [7, 11) is -3.85. The second-order valence-corrected chi connectivity index (χ2v) is 6.96. The maximum Gasteiger partial charge on any atom is 0.264 e.